The highest BCUT2D eigenvalue weighted by atomic mass is 35.5. The fourth-order valence-corrected chi connectivity index (χ4v) is 1.35. The van der Waals surface area contributed by atoms with Crippen LogP contribution in [-0.4, -0.2) is 24.4 Å². The van der Waals surface area contributed by atoms with Crippen LogP contribution in [-0.2, 0) is 0 Å². The quantitative estimate of drug-likeness (QED) is 0.809. The van der Waals surface area contributed by atoms with Crippen molar-refractivity contribution in [1.82, 2.24) is 0 Å². The summed E-state index contributed by atoms with van der Waals surface area (Å²) in [6.45, 7) is 2.63. The lowest BCUT2D eigenvalue weighted by Crippen LogP contribution is -2.21. The molecule has 3 N–H and O–H groups in total. The summed E-state index contributed by atoms with van der Waals surface area (Å²) < 4.78 is 5.39. The van der Waals surface area contributed by atoms with Crippen molar-refractivity contribution in [3.05, 3.63) is 28.8 Å². The van der Waals surface area contributed by atoms with Gasteiger partial charge >= 0.3 is 0 Å². The van der Waals surface area contributed by atoms with Gasteiger partial charge in [0, 0.05) is 0 Å². The van der Waals surface area contributed by atoms with Crippen molar-refractivity contribution < 1.29 is 9.84 Å². The second-order valence-electron chi connectivity index (χ2n) is 3.48. The van der Waals surface area contributed by atoms with E-state index in [1.807, 2.05) is 19.1 Å². The summed E-state index contributed by atoms with van der Waals surface area (Å²) in [6, 6.07) is 5.53. The van der Waals surface area contributed by atoms with E-state index in [0.717, 1.165) is 5.56 Å². The highest BCUT2D eigenvalue weighted by Crippen LogP contribution is 2.25. The van der Waals surface area contributed by atoms with Crippen molar-refractivity contribution in [1.29, 1.82) is 0 Å². The molecule has 3 nitrogen and oxygen atoms in total. The van der Waals surface area contributed by atoms with E-state index in [-0.39, 0.29) is 6.61 Å². The molecule has 1 aromatic rings. The summed E-state index contributed by atoms with van der Waals surface area (Å²) in [5.41, 5.74) is 6.38. The van der Waals surface area contributed by atoms with Crippen molar-refractivity contribution in [2.75, 3.05) is 13.2 Å². The molecule has 0 aromatic heterocycles. The van der Waals surface area contributed by atoms with E-state index >= 15 is 0 Å². The third kappa shape index (κ3) is 4.08. The molecule has 1 aromatic carbocycles. The average molecular weight is 230 g/mol. The third-order valence-electron chi connectivity index (χ3n) is 2.02. The number of aliphatic hydroxyl groups is 1. The molecule has 0 saturated carbocycles. The molecule has 0 aliphatic heterocycles. The van der Waals surface area contributed by atoms with Crippen LogP contribution in [0.5, 0.6) is 5.75 Å². The van der Waals surface area contributed by atoms with E-state index in [0.29, 0.717) is 23.7 Å². The van der Waals surface area contributed by atoms with Gasteiger partial charge in [-0.2, -0.15) is 0 Å². The lowest BCUT2D eigenvalue weighted by Gasteiger charge is -2.12. The van der Waals surface area contributed by atoms with Crippen molar-refractivity contribution in [3.63, 3.8) is 0 Å². The Bertz CT molecular complexity index is 317. The molecule has 0 heterocycles. The number of halogens is 1. The summed E-state index contributed by atoms with van der Waals surface area (Å²) in [7, 11) is 0. The molecule has 0 aliphatic rings. The molecule has 1 unspecified atom stereocenters. The lowest BCUT2D eigenvalue weighted by atomic mass is 10.2. The van der Waals surface area contributed by atoms with Gasteiger partial charge in [0.15, 0.2) is 0 Å². The molecule has 0 saturated heterocycles. The molecule has 0 bridgehead atoms. The van der Waals surface area contributed by atoms with Gasteiger partial charge in [-0.1, -0.05) is 17.7 Å². The Hall–Kier alpha value is -0.770. The van der Waals surface area contributed by atoms with E-state index in [9.17, 15) is 5.11 Å². The zero-order chi connectivity index (χ0) is 11.3. The zero-order valence-electron chi connectivity index (χ0n) is 8.74. The smallest absolute Gasteiger partial charge is 0.138 e. The first-order chi connectivity index (χ1) is 7.13. The van der Waals surface area contributed by atoms with E-state index in [1.165, 1.54) is 0 Å². The van der Waals surface area contributed by atoms with Gasteiger partial charge in [0.05, 0.1) is 11.1 Å². The third-order valence-corrected chi connectivity index (χ3v) is 2.33. The lowest BCUT2D eigenvalue weighted by molar-refractivity contribution is 0.102. The van der Waals surface area contributed by atoms with Gasteiger partial charge in [-0.25, -0.2) is 0 Å². The van der Waals surface area contributed by atoms with E-state index in [2.05, 4.69) is 0 Å². The maximum atomic E-state index is 9.42. The van der Waals surface area contributed by atoms with E-state index < -0.39 is 6.10 Å². The van der Waals surface area contributed by atoms with Crippen LogP contribution in [0.1, 0.15) is 12.0 Å². The molecule has 0 radical (unpaired) electrons. The maximum Gasteiger partial charge on any atom is 0.138 e. The molecule has 0 amide bonds. The first-order valence-electron chi connectivity index (χ1n) is 4.90. The average Bonchev–Trinajstić information content (AvgIpc) is 2.20. The Labute approximate surface area is 94.8 Å². The first-order valence-corrected chi connectivity index (χ1v) is 5.28. The topological polar surface area (TPSA) is 55.5 Å². The highest BCUT2D eigenvalue weighted by molar-refractivity contribution is 6.32. The molecular formula is C11H16ClNO2. The Morgan fingerprint density at radius 3 is 2.93 bits per heavy atom. The number of ether oxygens (including phenoxy) is 1. The van der Waals surface area contributed by atoms with Gasteiger partial charge in [0.1, 0.15) is 12.4 Å². The van der Waals surface area contributed by atoms with Crippen molar-refractivity contribution in [2.24, 2.45) is 5.73 Å². The summed E-state index contributed by atoms with van der Waals surface area (Å²) in [5, 5.41) is 9.98. The summed E-state index contributed by atoms with van der Waals surface area (Å²) in [6.07, 6.45) is -0.00439. The van der Waals surface area contributed by atoms with Crippen LogP contribution in [0.2, 0.25) is 5.02 Å². The highest BCUT2D eigenvalue weighted by Gasteiger charge is 2.06. The number of benzene rings is 1. The Kier molecular flexibility index (Phi) is 4.88. The normalized spacial score (nSPS) is 12.5. The number of hydrogen-bond donors (Lipinski definition) is 2. The molecule has 1 atom stereocenters. The minimum absolute atomic E-state index is 0.223. The fraction of sp³-hybridized carbons (Fsp3) is 0.455. The number of aryl methyl sites for hydroxylation is 1. The Balaban J connectivity index is 2.53. The van der Waals surface area contributed by atoms with Gasteiger partial charge in [0.25, 0.3) is 0 Å². The molecule has 0 fully saturated rings. The van der Waals surface area contributed by atoms with Crippen LogP contribution in [0, 0.1) is 6.92 Å². The van der Waals surface area contributed by atoms with Crippen molar-refractivity contribution in [2.45, 2.75) is 19.4 Å². The number of nitrogens with two attached hydrogens (primary N) is 1. The van der Waals surface area contributed by atoms with E-state index in [4.69, 9.17) is 22.1 Å². The second kappa shape index (κ2) is 5.95. The molecule has 0 aliphatic carbocycles. The molecular weight excluding hydrogens is 214 g/mol. The standard InChI is InChI=1S/C11H16ClNO2/c1-8-2-3-10(12)11(6-8)15-7-9(14)4-5-13/h2-3,6,9,14H,4-5,7,13H2,1H3. The minimum Gasteiger partial charge on any atom is -0.489 e. The van der Waals surface area contributed by atoms with Crippen molar-refractivity contribution in [3.8, 4) is 5.75 Å². The largest absolute Gasteiger partial charge is 0.489 e. The van der Waals surface area contributed by atoms with Gasteiger partial charge in [-0.3, -0.25) is 0 Å². The van der Waals surface area contributed by atoms with Crippen molar-refractivity contribution >= 4 is 11.6 Å². The summed E-state index contributed by atoms with van der Waals surface area (Å²) in [5.74, 6) is 0.604. The van der Waals surface area contributed by atoms with Crippen LogP contribution in [0.3, 0.4) is 0 Å². The predicted octanol–water partition coefficient (Wildman–Crippen LogP) is 1.74. The molecule has 84 valence electrons. The monoisotopic (exact) mass is 229 g/mol. The molecule has 4 heteroatoms. The van der Waals surface area contributed by atoms with E-state index in [1.54, 1.807) is 6.07 Å². The number of rotatable bonds is 5. The van der Waals surface area contributed by atoms with Gasteiger partial charge in [-0.15, -0.1) is 0 Å². The van der Waals surface area contributed by atoms with Crippen LogP contribution >= 0.6 is 11.6 Å². The number of aliphatic hydroxyl groups excluding tert-OH is 1. The number of hydrogen-bond acceptors (Lipinski definition) is 3. The van der Waals surface area contributed by atoms with Gasteiger partial charge < -0.3 is 15.6 Å². The Morgan fingerprint density at radius 2 is 2.27 bits per heavy atom. The fourth-order valence-electron chi connectivity index (χ4n) is 1.18. The Morgan fingerprint density at radius 1 is 1.53 bits per heavy atom. The second-order valence-corrected chi connectivity index (χ2v) is 3.88. The molecule has 0 spiro atoms. The first kappa shape index (κ1) is 12.3. The summed E-state index contributed by atoms with van der Waals surface area (Å²) >= 11 is 5.93. The molecule has 1 rings (SSSR count). The van der Waals surface area contributed by atoms with Crippen LogP contribution in [0.15, 0.2) is 18.2 Å². The SMILES string of the molecule is Cc1ccc(Cl)c(OCC(O)CCN)c1. The minimum atomic E-state index is -0.536. The summed E-state index contributed by atoms with van der Waals surface area (Å²) in [4.78, 5) is 0. The van der Waals surface area contributed by atoms with Crippen LogP contribution < -0.4 is 10.5 Å². The zero-order valence-corrected chi connectivity index (χ0v) is 9.50. The van der Waals surface area contributed by atoms with Gasteiger partial charge in [0.2, 0.25) is 0 Å². The van der Waals surface area contributed by atoms with Crippen LogP contribution in [0.4, 0.5) is 0 Å². The molecule has 15 heavy (non-hydrogen) atoms. The van der Waals surface area contributed by atoms with Gasteiger partial charge in [-0.05, 0) is 37.6 Å². The maximum absolute atomic E-state index is 9.42. The van der Waals surface area contributed by atoms with Crippen LogP contribution in [0.25, 0.3) is 0 Å². The predicted molar refractivity (Wildman–Crippen MR) is 61.4 cm³/mol.